The monoisotopic (exact) mass is 404 g/mol. The molecular weight excluding hydrogens is 380 g/mol. The van der Waals surface area contributed by atoms with Crippen LogP contribution in [0.5, 0.6) is 5.75 Å². The molecule has 0 aliphatic heterocycles. The van der Waals surface area contributed by atoms with Crippen LogP contribution in [0.2, 0.25) is 0 Å². The number of hydrogen-bond donors (Lipinski definition) is 2. The average molecular weight is 404 g/mol. The molecule has 154 valence electrons. The van der Waals surface area contributed by atoms with E-state index in [0.29, 0.717) is 12.4 Å². The molecule has 0 saturated heterocycles. The lowest BCUT2D eigenvalue weighted by Gasteiger charge is -2.12. The van der Waals surface area contributed by atoms with E-state index in [-0.39, 0.29) is 5.96 Å². The summed E-state index contributed by atoms with van der Waals surface area (Å²) in [5.74, 6) is 1.09. The van der Waals surface area contributed by atoms with Gasteiger partial charge in [0.15, 0.2) is 0 Å². The third-order valence-electron chi connectivity index (χ3n) is 4.21. The van der Waals surface area contributed by atoms with Gasteiger partial charge in [-0.15, -0.1) is 0 Å². The summed E-state index contributed by atoms with van der Waals surface area (Å²) in [4.78, 5) is 25.0. The molecule has 0 saturated carbocycles. The third kappa shape index (κ3) is 6.34. The summed E-state index contributed by atoms with van der Waals surface area (Å²) in [6.45, 7) is 1.63. The molecule has 3 rings (SSSR count). The highest BCUT2D eigenvalue weighted by atomic mass is 16.7. The van der Waals surface area contributed by atoms with E-state index < -0.39 is 5.97 Å². The predicted molar refractivity (Wildman–Crippen MR) is 116 cm³/mol. The number of guanidine groups is 1. The van der Waals surface area contributed by atoms with Gasteiger partial charge in [-0.2, -0.15) is 5.48 Å². The summed E-state index contributed by atoms with van der Waals surface area (Å²) < 4.78 is 5.35. The minimum absolute atomic E-state index is 0.263. The van der Waals surface area contributed by atoms with Gasteiger partial charge in [0.1, 0.15) is 11.6 Å². The van der Waals surface area contributed by atoms with Crippen molar-refractivity contribution in [1.29, 1.82) is 0 Å². The van der Waals surface area contributed by atoms with Crippen LogP contribution in [0.25, 0.3) is 0 Å². The number of ether oxygens (including phenoxy) is 1. The molecule has 0 fully saturated rings. The molecule has 2 N–H and O–H groups in total. The number of carbonyl (C=O) groups excluding carboxylic acids is 1. The standard InChI is InChI=1S/C23H24N4O3/c1-17(28)30-27-23(25-16-20-10-6-7-11-21(20)29-2)26-22-13-12-19(15-24-22)14-18-8-4-3-5-9-18/h3-13,15H,14,16H2,1-2H3,(H2,24,25,26,27). The number of nitrogens with one attached hydrogen (secondary N) is 2. The summed E-state index contributed by atoms with van der Waals surface area (Å²) in [6.07, 6.45) is 2.60. The van der Waals surface area contributed by atoms with Gasteiger partial charge in [-0.25, -0.2) is 9.98 Å². The zero-order valence-corrected chi connectivity index (χ0v) is 17.0. The molecule has 2 aromatic carbocycles. The van der Waals surface area contributed by atoms with Gasteiger partial charge >= 0.3 is 5.97 Å². The number of hydrogen-bond acceptors (Lipinski definition) is 5. The van der Waals surface area contributed by atoms with Crippen LogP contribution in [-0.2, 0) is 22.6 Å². The third-order valence-corrected chi connectivity index (χ3v) is 4.21. The maximum Gasteiger partial charge on any atom is 0.329 e. The van der Waals surface area contributed by atoms with E-state index in [1.165, 1.54) is 12.5 Å². The molecule has 0 radical (unpaired) electrons. The van der Waals surface area contributed by atoms with Crippen molar-refractivity contribution in [2.24, 2.45) is 4.99 Å². The maximum atomic E-state index is 11.2. The number of para-hydroxylation sites is 1. The van der Waals surface area contributed by atoms with Gasteiger partial charge in [0.25, 0.3) is 0 Å². The summed E-state index contributed by atoms with van der Waals surface area (Å²) in [5, 5.41) is 3.04. The van der Waals surface area contributed by atoms with Gasteiger partial charge in [0.05, 0.1) is 13.7 Å². The number of aromatic nitrogens is 1. The zero-order chi connectivity index (χ0) is 21.2. The van der Waals surface area contributed by atoms with Crippen LogP contribution in [0.1, 0.15) is 23.6 Å². The Hall–Kier alpha value is -3.87. The summed E-state index contributed by atoms with van der Waals surface area (Å²) in [7, 11) is 1.61. The first-order valence-electron chi connectivity index (χ1n) is 9.49. The second-order valence-electron chi connectivity index (χ2n) is 6.51. The molecule has 0 aliphatic rings. The van der Waals surface area contributed by atoms with E-state index >= 15 is 0 Å². The Morgan fingerprint density at radius 3 is 2.47 bits per heavy atom. The number of rotatable bonds is 6. The molecule has 7 heteroatoms. The van der Waals surface area contributed by atoms with Gasteiger partial charge in [-0.05, 0) is 29.7 Å². The minimum atomic E-state index is -0.479. The van der Waals surface area contributed by atoms with Gasteiger partial charge < -0.3 is 14.9 Å². The second kappa shape index (κ2) is 10.6. The van der Waals surface area contributed by atoms with Crippen molar-refractivity contribution < 1.29 is 14.4 Å². The average Bonchev–Trinajstić information content (AvgIpc) is 2.77. The van der Waals surface area contributed by atoms with Crippen LogP contribution in [0.3, 0.4) is 0 Å². The number of nitrogens with zero attached hydrogens (tertiary/aromatic N) is 2. The molecule has 0 bridgehead atoms. The van der Waals surface area contributed by atoms with Crippen molar-refractivity contribution >= 4 is 17.7 Å². The first-order valence-corrected chi connectivity index (χ1v) is 9.49. The molecule has 1 aromatic heterocycles. The van der Waals surface area contributed by atoms with E-state index in [1.54, 1.807) is 13.3 Å². The Labute approximate surface area is 175 Å². The Balaban J connectivity index is 1.70. The summed E-state index contributed by atoms with van der Waals surface area (Å²) in [6, 6.07) is 21.6. The number of anilines is 1. The van der Waals surface area contributed by atoms with E-state index in [9.17, 15) is 4.79 Å². The van der Waals surface area contributed by atoms with Crippen LogP contribution in [-0.4, -0.2) is 24.0 Å². The van der Waals surface area contributed by atoms with E-state index in [1.807, 2.05) is 54.6 Å². The molecule has 3 aromatic rings. The van der Waals surface area contributed by atoms with Crippen LogP contribution >= 0.6 is 0 Å². The Bertz CT molecular complexity index is 989. The van der Waals surface area contributed by atoms with Crippen LogP contribution < -0.4 is 15.5 Å². The number of benzene rings is 2. The van der Waals surface area contributed by atoms with Crippen molar-refractivity contribution in [3.63, 3.8) is 0 Å². The first-order chi connectivity index (χ1) is 14.6. The molecule has 0 spiro atoms. The topological polar surface area (TPSA) is 84.8 Å². The zero-order valence-electron chi connectivity index (χ0n) is 17.0. The van der Waals surface area contributed by atoms with Gasteiger partial charge in [-0.1, -0.05) is 54.6 Å². The molecule has 0 unspecified atom stereocenters. The fourth-order valence-corrected chi connectivity index (χ4v) is 2.77. The number of hydroxylamine groups is 1. The predicted octanol–water partition coefficient (Wildman–Crippen LogP) is 3.72. The van der Waals surface area contributed by atoms with Crippen molar-refractivity contribution in [3.05, 3.63) is 89.6 Å². The fourth-order valence-electron chi connectivity index (χ4n) is 2.77. The van der Waals surface area contributed by atoms with Crippen LogP contribution in [0, 0.1) is 0 Å². The smallest absolute Gasteiger partial charge is 0.329 e. The quantitative estimate of drug-likeness (QED) is 0.370. The second-order valence-corrected chi connectivity index (χ2v) is 6.51. The van der Waals surface area contributed by atoms with Gasteiger partial charge in [0, 0.05) is 18.7 Å². The van der Waals surface area contributed by atoms with E-state index in [2.05, 4.69) is 32.9 Å². The van der Waals surface area contributed by atoms with Gasteiger partial charge in [-0.3, -0.25) is 4.79 Å². The molecule has 0 aliphatic carbocycles. The highest BCUT2D eigenvalue weighted by Crippen LogP contribution is 2.18. The van der Waals surface area contributed by atoms with Crippen molar-refractivity contribution in [2.75, 3.05) is 12.4 Å². The molecule has 0 atom stereocenters. The lowest BCUT2D eigenvalue weighted by atomic mass is 10.1. The Kier molecular flexibility index (Phi) is 7.38. The van der Waals surface area contributed by atoms with E-state index in [4.69, 9.17) is 9.57 Å². The molecule has 7 nitrogen and oxygen atoms in total. The maximum absolute atomic E-state index is 11.2. The SMILES string of the molecule is COc1ccccc1CN=C(NOC(C)=O)Nc1ccc(Cc2ccccc2)cn1. The van der Waals surface area contributed by atoms with Crippen LogP contribution in [0.4, 0.5) is 5.82 Å². The number of carbonyl (C=O) groups is 1. The first kappa shape index (κ1) is 20.9. The number of methoxy groups -OCH3 is 1. The highest BCUT2D eigenvalue weighted by molar-refractivity contribution is 5.92. The van der Waals surface area contributed by atoms with E-state index in [0.717, 1.165) is 23.3 Å². The fraction of sp³-hybridized carbons (Fsp3) is 0.174. The largest absolute Gasteiger partial charge is 0.496 e. The van der Waals surface area contributed by atoms with Crippen molar-refractivity contribution in [1.82, 2.24) is 10.5 Å². The summed E-state index contributed by atoms with van der Waals surface area (Å²) in [5.41, 5.74) is 5.74. The molecular formula is C23H24N4O3. The number of pyridine rings is 1. The van der Waals surface area contributed by atoms with Crippen molar-refractivity contribution in [2.45, 2.75) is 19.9 Å². The molecule has 30 heavy (non-hydrogen) atoms. The summed E-state index contributed by atoms with van der Waals surface area (Å²) >= 11 is 0. The lowest BCUT2D eigenvalue weighted by molar-refractivity contribution is -0.145. The number of aliphatic imine (C=N–C) groups is 1. The molecule has 1 heterocycles. The Morgan fingerprint density at radius 1 is 1.00 bits per heavy atom. The normalized spacial score (nSPS) is 10.9. The lowest BCUT2D eigenvalue weighted by Crippen LogP contribution is -2.32. The molecule has 0 amide bonds. The van der Waals surface area contributed by atoms with Crippen molar-refractivity contribution in [3.8, 4) is 5.75 Å². The minimum Gasteiger partial charge on any atom is -0.496 e. The van der Waals surface area contributed by atoms with Gasteiger partial charge in [0.2, 0.25) is 5.96 Å². The Morgan fingerprint density at radius 2 is 1.77 bits per heavy atom. The highest BCUT2D eigenvalue weighted by Gasteiger charge is 2.06. The van der Waals surface area contributed by atoms with Crippen LogP contribution in [0.15, 0.2) is 77.9 Å².